The van der Waals surface area contributed by atoms with E-state index in [1.165, 1.54) is 19.3 Å². The van der Waals surface area contributed by atoms with Crippen LogP contribution >= 0.6 is 0 Å². The molecule has 0 saturated heterocycles. The summed E-state index contributed by atoms with van der Waals surface area (Å²) >= 11 is 0. The van der Waals surface area contributed by atoms with Crippen molar-refractivity contribution in [3.05, 3.63) is 0 Å². The monoisotopic (exact) mass is 255 g/mol. The predicted molar refractivity (Wildman–Crippen MR) is 78.9 cm³/mol. The summed E-state index contributed by atoms with van der Waals surface area (Å²) in [4.78, 5) is 0. The van der Waals surface area contributed by atoms with Gasteiger partial charge in [0.25, 0.3) is 0 Å². The van der Waals surface area contributed by atoms with E-state index >= 15 is 0 Å². The Kier molecular flexibility index (Phi) is 5.67. The molecule has 18 heavy (non-hydrogen) atoms. The van der Waals surface area contributed by atoms with Crippen LogP contribution in [0.5, 0.6) is 0 Å². The number of nitrogens with one attached hydrogen (secondary N) is 1. The third-order valence-electron chi connectivity index (χ3n) is 3.91. The summed E-state index contributed by atoms with van der Waals surface area (Å²) in [6, 6.07) is 0. The van der Waals surface area contributed by atoms with Crippen LogP contribution in [0.3, 0.4) is 0 Å². The highest BCUT2D eigenvalue weighted by Crippen LogP contribution is 2.40. The zero-order chi connectivity index (χ0) is 13.8. The Hall–Kier alpha value is -0.0800. The number of hydrogen-bond donors (Lipinski definition) is 1. The molecule has 0 aromatic heterocycles. The SMILES string of the molecule is CCNCC(C)(C)COC1CC(C)CC(C)(C)C1. The van der Waals surface area contributed by atoms with Gasteiger partial charge in [0.1, 0.15) is 0 Å². The molecule has 1 saturated carbocycles. The second-order valence-corrected chi connectivity index (χ2v) is 7.79. The van der Waals surface area contributed by atoms with Gasteiger partial charge in [0.05, 0.1) is 12.7 Å². The molecule has 1 rings (SSSR count). The van der Waals surface area contributed by atoms with E-state index in [1.807, 2.05) is 0 Å². The molecule has 0 spiro atoms. The van der Waals surface area contributed by atoms with Crippen LogP contribution in [-0.4, -0.2) is 25.8 Å². The third kappa shape index (κ3) is 5.71. The second-order valence-electron chi connectivity index (χ2n) is 7.79. The largest absolute Gasteiger partial charge is 0.378 e. The maximum atomic E-state index is 6.21. The zero-order valence-electron chi connectivity index (χ0n) is 13.3. The molecule has 2 nitrogen and oxygen atoms in total. The Morgan fingerprint density at radius 1 is 1.28 bits per heavy atom. The van der Waals surface area contributed by atoms with E-state index in [9.17, 15) is 0 Å². The fourth-order valence-electron chi connectivity index (χ4n) is 3.24. The minimum Gasteiger partial charge on any atom is -0.378 e. The summed E-state index contributed by atoms with van der Waals surface area (Å²) in [5, 5.41) is 3.42. The lowest BCUT2D eigenvalue weighted by Crippen LogP contribution is -2.38. The van der Waals surface area contributed by atoms with E-state index in [2.05, 4.69) is 46.9 Å². The molecule has 108 valence electrons. The van der Waals surface area contributed by atoms with Crippen LogP contribution in [0.1, 0.15) is 60.8 Å². The topological polar surface area (TPSA) is 21.3 Å². The molecule has 1 fully saturated rings. The van der Waals surface area contributed by atoms with E-state index in [-0.39, 0.29) is 5.41 Å². The van der Waals surface area contributed by atoms with Crippen molar-refractivity contribution < 1.29 is 4.74 Å². The lowest BCUT2D eigenvalue weighted by atomic mass is 9.71. The Morgan fingerprint density at radius 2 is 1.94 bits per heavy atom. The molecule has 2 unspecified atom stereocenters. The van der Waals surface area contributed by atoms with Crippen LogP contribution < -0.4 is 5.32 Å². The van der Waals surface area contributed by atoms with Gasteiger partial charge in [0.2, 0.25) is 0 Å². The Morgan fingerprint density at radius 3 is 2.50 bits per heavy atom. The molecule has 2 heteroatoms. The average molecular weight is 255 g/mol. The third-order valence-corrected chi connectivity index (χ3v) is 3.91. The van der Waals surface area contributed by atoms with Crippen LogP contribution in [0.2, 0.25) is 0 Å². The van der Waals surface area contributed by atoms with Crippen molar-refractivity contribution in [1.82, 2.24) is 5.32 Å². The van der Waals surface area contributed by atoms with Crippen LogP contribution in [0.25, 0.3) is 0 Å². The van der Waals surface area contributed by atoms with Crippen molar-refractivity contribution in [3.63, 3.8) is 0 Å². The van der Waals surface area contributed by atoms with Gasteiger partial charge in [-0.1, -0.05) is 41.5 Å². The van der Waals surface area contributed by atoms with Crippen molar-refractivity contribution in [2.45, 2.75) is 66.9 Å². The standard InChI is InChI=1S/C16H33NO/c1-7-17-11-16(5,6)12-18-14-8-13(2)9-15(3,4)10-14/h13-14,17H,7-12H2,1-6H3. The molecule has 0 aromatic carbocycles. The summed E-state index contributed by atoms with van der Waals surface area (Å²) in [5.41, 5.74) is 0.689. The van der Waals surface area contributed by atoms with Gasteiger partial charge >= 0.3 is 0 Å². The van der Waals surface area contributed by atoms with Gasteiger partial charge in [-0.15, -0.1) is 0 Å². The van der Waals surface area contributed by atoms with Gasteiger partial charge in [-0.3, -0.25) is 0 Å². The predicted octanol–water partition coefficient (Wildman–Crippen LogP) is 3.85. The molecule has 0 amide bonds. The summed E-state index contributed by atoms with van der Waals surface area (Å²) in [6.45, 7) is 16.8. The highest BCUT2D eigenvalue weighted by atomic mass is 16.5. The summed E-state index contributed by atoms with van der Waals surface area (Å²) in [6.07, 6.45) is 4.26. The molecular formula is C16H33NO. The van der Waals surface area contributed by atoms with Gasteiger partial charge in [0.15, 0.2) is 0 Å². The average Bonchev–Trinajstić information content (AvgIpc) is 2.21. The number of rotatable bonds is 6. The molecule has 1 N–H and O–H groups in total. The summed E-state index contributed by atoms with van der Waals surface area (Å²) < 4.78 is 6.21. The maximum Gasteiger partial charge on any atom is 0.0583 e. The van der Waals surface area contributed by atoms with Gasteiger partial charge < -0.3 is 10.1 Å². The van der Waals surface area contributed by atoms with Crippen LogP contribution in [0.4, 0.5) is 0 Å². The van der Waals surface area contributed by atoms with E-state index in [0.29, 0.717) is 11.5 Å². The lowest BCUT2D eigenvalue weighted by Gasteiger charge is -2.40. The first-order valence-electron chi connectivity index (χ1n) is 7.56. The molecule has 0 heterocycles. The summed E-state index contributed by atoms with van der Waals surface area (Å²) in [5.74, 6) is 0.802. The Balaban J connectivity index is 2.38. The molecule has 0 aliphatic heterocycles. The number of ether oxygens (including phenoxy) is 1. The van der Waals surface area contributed by atoms with Gasteiger partial charge in [-0.25, -0.2) is 0 Å². The van der Waals surface area contributed by atoms with Gasteiger partial charge in [0, 0.05) is 12.0 Å². The fourth-order valence-corrected chi connectivity index (χ4v) is 3.24. The first-order chi connectivity index (χ1) is 8.24. The highest BCUT2D eigenvalue weighted by Gasteiger charge is 2.33. The molecule has 0 bridgehead atoms. The van der Waals surface area contributed by atoms with Crippen molar-refractivity contribution >= 4 is 0 Å². The first-order valence-corrected chi connectivity index (χ1v) is 7.56. The molecule has 1 aliphatic rings. The van der Waals surface area contributed by atoms with Crippen molar-refractivity contribution in [3.8, 4) is 0 Å². The van der Waals surface area contributed by atoms with Gasteiger partial charge in [-0.05, 0) is 37.1 Å². The molecule has 2 atom stereocenters. The van der Waals surface area contributed by atoms with Crippen molar-refractivity contribution in [2.24, 2.45) is 16.7 Å². The lowest BCUT2D eigenvalue weighted by molar-refractivity contribution is -0.0511. The normalized spacial score (nSPS) is 28.3. The Labute approximate surface area is 114 Å². The van der Waals surface area contributed by atoms with Crippen LogP contribution in [-0.2, 0) is 4.74 Å². The molecule has 0 aromatic rings. The van der Waals surface area contributed by atoms with Crippen molar-refractivity contribution in [1.29, 1.82) is 0 Å². The minimum absolute atomic E-state index is 0.237. The second kappa shape index (κ2) is 6.38. The van der Waals surface area contributed by atoms with E-state index < -0.39 is 0 Å². The van der Waals surface area contributed by atoms with Crippen molar-refractivity contribution in [2.75, 3.05) is 19.7 Å². The van der Waals surface area contributed by atoms with Crippen LogP contribution in [0.15, 0.2) is 0 Å². The smallest absolute Gasteiger partial charge is 0.0583 e. The van der Waals surface area contributed by atoms with Crippen LogP contribution in [0, 0.1) is 16.7 Å². The minimum atomic E-state index is 0.237. The summed E-state index contributed by atoms with van der Waals surface area (Å²) in [7, 11) is 0. The maximum absolute atomic E-state index is 6.21. The number of hydrogen-bond acceptors (Lipinski definition) is 2. The van der Waals surface area contributed by atoms with Gasteiger partial charge in [-0.2, -0.15) is 0 Å². The fraction of sp³-hybridized carbons (Fsp3) is 1.00. The van der Waals surface area contributed by atoms with E-state index in [1.54, 1.807) is 0 Å². The first kappa shape index (κ1) is 16.0. The quantitative estimate of drug-likeness (QED) is 0.778. The van der Waals surface area contributed by atoms with E-state index in [0.717, 1.165) is 25.6 Å². The molecule has 1 aliphatic carbocycles. The molecular weight excluding hydrogens is 222 g/mol. The van der Waals surface area contributed by atoms with E-state index in [4.69, 9.17) is 4.74 Å². The Bertz CT molecular complexity index is 247. The highest BCUT2D eigenvalue weighted by molar-refractivity contribution is 4.84. The zero-order valence-corrected chi connectivity index (χ0v) is 13.3. The molecule has 0 radical (unpaired) electrons.